The fraction of sp³-hybridized carbons (Fsp3) is 0.364. The van der Waals surface area contributed by atoms with Crippen LogP contribution in [0.25, 0.3) is 0 Å². The fourth-order valence-electron chi connectivity index (χ4n) is 1.21. The van der Waals surface area contributed by atoms with E-state index in [0.717, 1.165) is 22.2 Å². The van der Waals surface area contributed by atoms with Crippen LogP contribution in [0.3, 0.4) is 0 Å². The van der Waals surface area contributed by atoms with Crippen molar-refractivity contribution in [1.29, 1.82) is 0 Å². The third-order valence-electron chi connectivity index (χ3n) is 1.95. The SMILES string of the molecule is CCCC(=O)c1ccc(OC)cc1Br. The van der Waals surface area contributed by atoms with E-state index in [1.165, 1.54) is 0 Å². The normalized spacial score (nSPS) is 9.93. The minimum absolute atomic E-state index is 0.169. The van der Waals surface area contributed by atoms with Gasteiger partial charge in [0.2, 0.25) is 0 Å². The lowest BCUT2D eigenvalue weighted by atomic mass is 10.1. The molecular formula is C11H13BrO2. The zero-order valence-electron chi connectivity index (χ0n) is 8.34. The summed E-state index contributed by atoms with van der Waals surface area (Å²) in [5.41, 5.74) is 0.729. The Bertz CT molecular complexity index is 334. The summed E-state index contributed by atoms with van der Waals surface area (Å²) < 4.78 is 5.85. The van der Waals surface area contributed by atoms with Crippen LogP contribution in [0.1, 0.15) is 30.1 Å². The van der Waals surface area contributed by atoms with E-state index in [1.54, 1.807) is 19.2 Å². The summed E-state index contributed by atoms with van der Waals surface area (Å²) in [5, 5.41) is 0. The third-order valence-corrected chi connectivity index (χ3v) is 2.61. The van der Waals surface area contributed by atoms with Crippen LogP contribution in [-0.2, 0) is 0 Å². The smallest absolute Gasteiger partial charge is 0.164 e. The van der Waals surface area contributed by atoms with Crippen LogP contribution in [0.5, 0.6) is 5.75 Å². The highest BCUT2D eigenvalue weighted by Gasteiger charge is 2.09. The van der Waals surface area contributed by atoms with Gasteiger partial charge in [-0.05, 0) is 40.5 Å². The summed E-state index contributed by atoms with van der Waals surface area (Å²) in [6.07, 6.45) is 1.46. The Hall–Kier alpha value is -0.830. The Kier molecular flexibility index (Phi) is 4.14. The zero-order chi connectivity index (χ0) is 10.6. The van der Waals surface area contributed by atoms with Crippen molar-refractivity contribution < 1.29 is 9.53 Å². The Balaban J connectivity index is 2.94. The Labute approximate surface area is 92.4 Å². The van der Waals surface area contributed by atoms with E-state index in [9.17, 15) is 4.79 Å². The maximum Gasteiger partial charge on any atom is 0.164 e. The number of halogens is 1. The number of Topliss-reactive ketones (excluding diaryl/α,β-unsaturated/α-hetero) is 1. The molecule has 0 aliphatic carbocycles. The largest absolute Gasteiger partial charge is 0.497 e. The van der Waals surface area contributed by atoms with E-state index in [4.69, 9.17) is 4.74 Å². The predicted molar refractivity (Wildman–Crippen MR) is 59.9 cm³/mol. The predicted octanol–water partition coefficient (Wildman–Crippen LogP) is 3.44. The third kappa shape index (κ3) is 2.58. The molecule has 76 valence electrons. The van der Waals surface area contributed by atoms with Crippen LogP contribution in [0.2, 0.25) is 0 Å². The van der Waals surface area contributed by atoms with Crippen LogP contribution in [0.4, 0.5) is 0 Å². The lowest BCUT2D eigenvalue weighted by Gasteiger charge is -2.05. The van der Waals surface area contributed by atoms with Crippen LogP contribution in [-0.4, -0.2) is 12.9 Å². The number of hydrogen-bond acceptors (Lipinski definition) is 2. The molecule has 0 saturated heterocycles. The summed E-state index contributed by atoms with van der Waals surface area (Å²) in [6, 6.07) is 5.40. The highest BCUT2D eigenvalue weighted by atomic mass is 79.9. The van der Waals surface area contributed by atoms with Crippen molar-refractivity contribution in [1.82, 2.24) is 0 Å². The molecule has 0 bridgehead atoms. The lowest BCUT2D eigenvalue weighted by molar-refractivity contribution is 0.0981. The first kappa shape index (κ1) is 11.2. The summed E-state index contributed by atoms with van der Waals surface area (Å²) >= 11 is 3.36. The van der Waals surface area contributed by atoms with Crippen molar-refractivity contribution in [3.63, 3.8) is 0 Å². The molecule has 3 heteroatoms. The summed E-state index contributed by atoms with van der Waals surface area (Å²) in [7, 11) is 1.61. The molecule has 0 unspecified atom stereocenters. The Morgan fingerprint density at radius 2 is 2.21 bits per heavy atom. The number of carbonyl (C=O) groups is 1. The number of methoxy groups -OCH3 is 1. The average molecular weight is 257 g/mol. The molecule has 14 heavy (non-hydrogen) atoms. The van der Waals surface area contributed by atoms with Gasteiger partial charge in [0.1, 0.15) is 5.75 Å². The molecule has 0 aliphatic rings. The van der Waals surface area contributed by atoms with Crippen LogP contribution in [0.15, 0.2) is 22.7 Å². The molecule has 1 aromatic rings. The van der Waals surface area contributed by atoms with E-state index < -0.39 is 0 Å². The van der Waals surface area contributed by atoms with E-state index in [-0.39, 0.29) is 5.78 Å². The van der Waals surface area contributed by atoms with Gasteiger partial charge in [-0.15, -0.1) is 0 Å². The molecule has 0 fully saturated rings. The molecule has 0 N–H and O–H groups in total. The van der Waals surface area contributed by atoms with Gasteiger partial charge >= 0.3 is 0 Å². The molecule has 2 nitrogen and oxygen atoms in total. The number of ketones is 1. The molecule has 0 atom stereocenters. The van der Waals surface area contributed by atoms with Gasteiger partial charge in [0.25, 0.3) is 0 Å². The monoisotopic (exact) mass is 256 g/mol. The summed E-state index contributed by atoms with van der Waals surface area (Å²) in [4.78, 5) is 11.6. The molecule has 0 amide bonds. The Morgan fingerprint density at radius 1 is 1.50 bits per heavy atom. The lowest BCUT2D eigenvalue weighted by Crippen LogP contribution is -1.99. The van der Waals surface area contributed by atoms with Crippen molar-refractivity contribution >= 4 is 21.7 Å². The van der Waals surface area contributed by atoms with Crippen molar-refractivity contribution in [2.75, 3.05) is 7.11 Å². The number of carbonyl (C=O) groups excluding carboxylic acids is 1. The molecule has 1 aromatic carbocycles. The molecule has 1 rings (SSSR count). The topological polar surface area (TPSA) is 26.3 Å². The highest BCUT2D eigenvalue weighted by Crippen LogP contribution is 2.24. The minimum Gasteiger partial charge on any atom is -0.497 e. The number of hydrogen-bond donors (Lipinski definition) is 0. The van der Waals surface area contributed by atoms with Crippen LogP contribution in [0, 0.1) is 0 Å². The molecule has 0 spiro atoms. The quantitative estimate of drug-likeness (QED) is 0.772. The van der Waals surface area contributed by atoms with Crippen molar-refractivity contribution in [2.24, 2.45) is 0 Å². The maximum absolute atomic E-state index is 11.6. The van der Waals surface area contributed by atoms with Gasteiger partial charge in [0, 0.05) is 16.5 Å². The second kappa shape index (κ2) is 5.15. The standard InChI is InChI=1S/C11H13BrO2/c1-3-4-11(13)9-6-5-8(14-2)7-10(9)12/h5-7H,3-4H2,1-2H3. The van der Waals surface area contributed by atoms with Crippen molar-refractivity contribution in [2.45, 2.75) is 19.8 Å². The first-order valence-corrected chi connectivity index (χ1v) is 5.35. The van der Waals surface area contributed by atoms with E-state index in [0.29, 0.717) is 6.42 Å². The second-order valence-corrected chi connectivity index (χ2v) is 3.87. The van der Waals surface area contributed by atoms with Gasteiger partial charge in [-0.2, -0.15) is 0 Å². The Morgan fingerprint density at radius 3 is 2.71 bits per heavy atom. The summed E-state index contributed by atoms with van der Waals surface area (Å²) in [6.45, 7) is 2.00. The van der Waals surface area contributed by atoms with Gasteiger partial charge < -0.3 is 4.74 Å². The molecule has 0 saturated carbocycles. The second-order valence-electron chi connectivity index (χ2n) is 3.02. The van der Waals surface area contributed by atoms with E-state index in [2.05, 4.69) is 15.9 Å². The van der Waals surface area contributed by atoms with Crippen molar-refractivity contribution in [3.8, 4) is 5.75 Å². The molecule has 0 aromatic heterocycles. The van der Waals surface area contributed by atoms with Crippen molar-refractivity contribution in [3.05, 3.63) is 28.2 Å². The minimum atomic E-state index is 0.169. The van der Waals surface area contributed by atoms with Gasteiger partial charge in [-0.3, -0.25) is 4.79 Å². The highest BCUT2D eigenvalue weighted by molar-refractivity contribution is 9.10. The van der Waals surface area contributed by atoms with Crippen LogP contribution < -0.4 is 4.74 Å². The van der Waals surface area contributed by atoms with Gasteiger partial charge in [-0.25, -0.2) is 0 Å². The van der Waals surface area contributed by atoms with E-state index >= 15 is 0 Å². The first-order valence-electron chi connectivity index (χ1n) is 4.55. The van der Waals surface area contributed by atoms with Gasteiger partial charge in [0.05, 0.1) is 7.11 Å². The fourth-order valence-corrected chi connectivity index (χ4v) is 1.79. The van der Waals surface area contributed by atoms with Crippen LogP contribution >= 0.6 is 15.9 Å². The molecule has 0 radical (unpaired) electrons. The first-order chi connectivity index (χ1) is 6.69. The molecule has 0 aliphatic heterocycles. The average Bonchev–Trinajstić information content (AvgIpc) is 2.17. The van der Waals surface area contributed by atoms with E-state index in [1.807, 2.05) is 13.0 Å². The van der Waals surface area contributed by atoms with Gasteiger partial charge in [-0.1, -0.05) is 6.92 Å². The number of ether oxygens (including phenoxy) is 1. The number of rotatable bonds is 4. The maximum atomic E-state index is 11.6. The number of benzene rings is 1. The van der Waals surface area contributed by atoms with Gasteiger partial charge in [0.15, 0.2) is 5.78 Å². The molecular weight excluding hydrogens is 244 g/mol. The zero-order valence-corrected chi connectivity index (χ0v) is 9.93. The molecule has 0 heterocycles. The summed E-state index contributed by atoms with van der Waals surface area (Å²) in [5.74, 6) is 0.923.